The SMILES string of the molecule is N=C/C=N\Nc1cc(N/N=C\C=N)cc(Nc2nc(NC3CCCCC3N)cnc2C(N)=O)c1. The van der Waals surface area contributed by atoms with Crippen LogP contribution < -0.4 is 33.0 Å². The van der Waals surface area contributed by atoms with Gasteiger partial charge in [-0.15, -0.1) is 0 Å². The molecule has 0 bridgehead atoms. The Morgan fingerprint density at radius 2 is 1.65 bits per heavy atom. The maximum absolute atomic E-state index is 12.0. The molecule has 1 aromatic heterocycles. The molecule has 2 unspecified atom stereocenters. The fraction of sp³-hybridized carbons (Fsp3) is 0.286. The van der Waals surface area contributed by atoms with Crippen molar-refractivity contribution in [3.05, 3.63) is 30.1 Å². The number of nitrogens with two attached hydrogens (primary N) is 2. The van der Waals surface area contributed by atoms with Crippen molar-refractivity contribution in [2.45, 2.75) is 37.8 Å². The third-order valence-electron chi connectivity index (χ3n) is 5.04. The van der Waals surface area contributed by atoms with E-state index in [2.05, 4.69) is 41.7 Å². The van der Waals surface area contributed by atoms with Gasteiger partial charge in [-0.2, -0.15) is 10.2 Å². The number of benzene rings is 1. The molecule has 1 aliphatic carbocycles. The molecule has 10 N–H and O–H groups in total. The van der Waals surface area contributed by atoms with Crippen LogP contribution in [-0.2, 0) is 0 Å². The largest absolute Gasteiger partial charge is 0.364 e. The molecule has 1 fully saturated rings. The molecule has 1 aliphatic rings. The van der Waals surface area contributed by atoms with Gasteiger partial charge < -0.3 is 32.9 Å². The summed E-state index contributed by atoms with van der Waals surface area (Å²) in [6.45, 7) is 0. The molecule has 178 valence electrons. The molecule has 0 saturated heterocycles. The lowest BCUT2D eigenvalue weighted by molar-refractivity contribution is 0.0996. The van der Waals surface area contributed by atoms with E-state index in [1.807, 2.05) is 0 Å². The lowest BCUT2D eigenvalue weighted by atomic mass is 9.91. The number of nitrogens with one attached hydrogen (secondary N) is 6. The van der Waals surface area contributed by atoms with Crippen molar-refractivity contribution < 1.29 is 4.79 Å². The Hall–Kier alpha value is -4.39. The molecule has 2 aromatic rings. The fourth-order valence-electron chi connectivity index (χ4n) is 3.52. The van der Waals surface area contributed by atoms with Crippen LogP contribution in [0, 0.1) is 10.8 Å². The number of primary amides is 1. The van der Waals surface area contributed by atoms with Crippen LogP contribution in [0.5, 0.6) is 0 Å². The first-order valence-electron chi connectivity index (χ1n) is 10.7. The molecule has 34 heavy (non-hydrogen) atoms. The Morgan fingerprint density at radius 3 is 2.24 bits per heavy atom. The zero-order chi connectivity index (χ0) is 24.3. The van der Waals surface area contributed by atoms with E-state index in [9.17, 15) is 4.79 Å². The first-order valence-corrected chi connectivity index (χ1v) is 10.7. The second kappa shape index (κ2) is 12.0. The van der Waals surface area contributed by atoms with Gasteiger partial charge in [0.15, 0.2) is 11.5 Å². The van der Waals surface area contributed by atoms with Crippen LogP contribution in [0.1, 0.15) is 36.2 Å². The molecule has 13 heteroatoms. The number of hydrazone groups is 2. The van der Waals surface area contributed by atoms with Crippen molar-refractivity contribution in [3.8, 4) is 0 Å². The minimum atomic E-state index is -0.727. The molecular weight excluding hydrogens is 436 g/mol. The first-order chi connectivity index (χ1) is 16.5. The van der Waals surface area contributed by atoms with Crippen LogP contribution >= 0.6 is 0 Å². The van der Waals surface area contributed by atoms with Gasteiger partial charge in [0.1, 0.15) is 5.82 Å². The molecule has 1 saturated carbocycles. The summed E-state index contributed by atoms with van der Waals surface area (Å²) in [5, 5.41) is 28.3. The summed E-state index contributed by atoms with van der Waals surface area (Å²) in [6, 6.07) is 5.24. The summed E-state index contributed by atoms with van der Waals surface area (Å²) in [5.74, 6) is -0.0701. The minimum Gasteiger partial charge on any atom is -0.364 e. The van der Waals surface area contributed by atoms with Gasteiger partial charge in [-0.05, 0) is 31.0 Å². The molecule has 0 aliphatic heterocycles. The molecule has 3 rings (SSSR count). The van der Waals surface area contributed by atoms with Crippen molar-refractivity contribution in [2.75, 3.05) is 21.5 Å². The Kier molecular flexibility index (Phi) is 8.57. The first kappa shape index (κ1) is 24.3. The minimum absolute atomic E-state index is 0.0159. The van der Waals surface area contributed by atoms with Crippen LogP contribution in [0.15, 0.2) is 34.6 Å². The monoisotopic (exact) mass is 464 g/mol. The highest BCUT2D eigenvalue weighted by molar-refractivity contribution is 6.14. The predicted molar refractivity (Wildman–Crippen MR) is 136 cm³/mol. The van der Waals surface area contributed by atoms with Crippen LogP contribution in [0.3, 0.4) is 0 Å². The highest BCUT2D eigenvalue weighted by atomic mass is 16.1. The smallest absolute Gasteiger partial charge is 0.271 e. The number of amides is 1. The Bertz CT molecular complexity index is 1050. The van der Waals surface area contributed by atoms with Crippen molar-refractivity contribution in [3.63, 3.8) is 0 Å². The van der Waals surface area contributed by atoms with E-state index in [1.165, 1.54) is 18.6 Å². The van der Waals surface area contributed by atoms with Crippen molar-refractivity contribution in [1.82, 2.24) is 9.97 Å². The molecule has 0 radical (unpaired) electrons. The van der Waals surface area contributed by atoms with E-state index in [1.54, 1.807) is 18.2 Å². The number of carbonyl (C=O) groups is 1. The Morgan fingerprint density at radius 1 is 1.03 bits per heavy atom. The van der Waals surface area contributed by atoms with Gasteiger partial charge in [0.05, 0.1) is 30.0 Å². The summed E-state index contributed by atoms with van der Waals surface area (Å²) >= 11 is 0. The number of carbonyl (C=O) groups excluding carboxylic acids is 1. The van der Waals surface area contributed by atoms with Crippen LogP contribution in [-0.4, -0.2) is 52.8 Å². The maximum atomic E-state index is 12.0. The lowest BCUT2D eigenvalue weighted by Gasteiger charge is -2.29. The number of hydrogen-bond donors (Lipinski definition) is 8. The van der Waals surface area contributed by atoms with Gasteiger partial charge in [0.25, 0.3) is 5.91 Å². The predicted octanol–water partition coefficient (Wildman–Crippen LogP) is 2.10. The van der Waals surface area contributed by atoms with Crippen molar-refractivity contribution in [1.29, 1.82) is 10.8 Å². The van der Waals surface area contributed by atoms with E-state index < -0.39 is 5.91 Å². The van der Waals surface area contributed by atoms with E-state index in [0.29, 0.717) is 22.9 Å². The zero-order valence-electron chi connectivity index (χ0n) is 18.5. The van der Waals surface area contributed by atoms with E-state index >= 15 is 0 Å². The van der Waals surface area contributed by atoms with Crippen LogP contribution in [0.4, 0.5) is 28.7 Å². The molecule has 2 atom stereocenters. The molecule has 1 heterocycles. The second-order valence-corrected chi connectivity index (χ2v) is 7.55. The number of nitrogens with zero attached hydrogens (tertiary/aromatic N) is 4. The normalized spacial score (nSPS) is 17.9. The summed E-state index contributed by atoms with van der Waals surface area (Å²) in [4.78, 5) is 20.7. The van der Waals surface area contributed by atoms with Crippen LogP contribution in [0.2, 0.25) is 0 Å². The topological polar surface area (TPSA) is 215 Å². The summed E-state index contributed by atoms with van der Waals surface area (Å²) in [5.41, 5.74) is 19.0. The molecule has 0 spiro atoms. The summed E-state index contributed by atoms with van der Waals surface area (Å²) in [6.07, 6.45) is 10.2. The van der Waals surface area contributed by atoms with E-state index in [4.69, 9.17) is 22.3 Å². The number of aromatic nitrogens is 2. The quantitative estimate of drug-likeness (QED) is 0.181. The van der Waals surface area contributed by atoms with Gasteiger partial charge in [0, 0.05) is 30.2 Å². The molecule has 13 nitrogen and oxygen atoms in total. The van der Waals surface area contributed by atoms with Crippen molar-refractivity contribution >= 4 is 59.5 Å². The Balaban J connectivity index is 1.90. The van der Waals surface area contributed by atoms with E-state index in [0.717, 1.165) is 38.1 Å². The number of anilines is 5. The molecule has 1 amide bonds. The number of hydrogen-bond acceptors (Lipinski definition) is 12. The van der Waals surface area contributed by atoms with E-state index in [-0.39, 0.29) is 23.6 Å². The lowest BCUT2D eigenvalue weighted by Crippen LogP contribution is -2.42. The maximum Gasteiger partial charge on any atom is 0.271 e. The van der Waals surface area contributed by atoms with Crippen LogP contribution in [0.25, 0.3) is 0 Å². The second-order valence-electron chi connectivity index (χ2n) is 7.55. The Labute approximate surface area is 196 Å². The van der Waals surface area contributed by atoms with Crippen molar-refractivity contribution in [2.24, 2.45) is 21.7 Å². The average Bonchev–Trinajstić information content (AvgIpc) is 2.81. The molecular formula is C21H28N12O. The fourth-order valence-corrected chi connectivity index (χ4v) is 3.52. The zero-order valence-corrected chi connectivity index (χ0v) is 18.5. The molecule has 1 aromatic carbocycles. The van der Waals surface area contributed by atoms with Gasteiger partial charge in [-0.1, -0.05) is 12.8 Å². The third-order valence-corrected chi connectivity index (χ3v) is 5.04. The summed E-state index contributed by atoms with van der Waals surface area (Å²) < 4.78 is 0. The highest BCUT2D eigenvalue weighted by Crippen LogP contribution is 2.27. The van der Waals surface area contributed by atoms with Gasteiger partial charge in [0.2, 0.25) is 0 Å². The van der Waals surface area contributed by atoms with Gasteiger partial charge in [-0.3, -0.25) is 15.6 Å². The van der Waals surface area contributed by atoms with Gasteiger partial charge >= 0.3 is 0 Å². The highest BCUT2D eigenvalue weighted by Gasteiger charge is 2.23. The average molecular weight is 465 g/mol. The van der Waals surface area contributed by atoms with Gasteiger partial charge in [-0.25, -0.2) is 9.97 Å². The number of rotatable bonds is 11. The standard InChI is InChI=1S/C21H28N12O/c22-5-7-27-32-14-9-13(10-15(11-14)33-28-8-6-23)29-21-19(20(25)34)26-12-18(31-21)30-17-4-2-1-3-16(17)24/h5-12,16-17,22-23,32-33H,1-4,24H2,(H2,25,34)(H2,29,30,31)/b22-5?,23-6?,27-7-,28-8-. The summed E-state index contributed by atoms with van der Waals surface area (Å²) in [7, 11) is 0. The third kappa shape index (κ3) is 6.80.